The van der Waals surface area contributed by atoms with E-state index in [-0.39, 0.29) is 11.5 Å². The highest BCUT2D eigenvalue weighted by molar-refractivity contribution is 6.01. The van der Waals surface area contributed by atoms with E-state index < -0.39 is 10.8 Å². The molecule has 0 fully saturated rings. The van der Waals surface area contributed by atoms with Crippen LogP contribution in [0.2, 0.25) is 0 Å². The van der Waals surface area contributed by atoms with E-state index in [2.05, 4.69) is 532 Å². The third kappa shape index (κ3) is 15.7. The molecule has 0 aromatic heterocycles. The summed E-state index contributed by atoms with van der Waals surface area (Å²) in [6, 6.07) is 205. The van der Waals surface area contributed by atoms with Crippen LogP contribution in [-0.2, 0) is 10.8 Å². The van der Waals surface area contributed by atoms with Crippen molar-refractivity contribution in [2.75, 3.05) is 9.80 Å². The fourth-order valence-corrected chi connectivity index (χ4v) is 22.2. The second-order valence-corrected chi connectivity index (χ2v) is 36.7. The van der Waals surface area contributed by atoms with Crippen LogP contribution in [0.5, 0.6) is 11.5 Å². The quantitative estimate of drug-likeness (QED) is 0.0798. The van der Waals surface area contributed by atoms with E-state index in [0.717, 1.165) is 112 Å². The predicted molar refractivity (Wildman–Crippen MR) is 592 cm³/mol. The van der Waals surface area contributed by atoms with Gasteiger partial charge in [0.1, 0.15) is 11.5 Å². The average molecular weight is 1810 g/mol. The first kappa shape index (κ1) is 86.4. The molecule has 670 valence electrons. The Morgan fingerprint density at radius 3 is 0.817 bits per heavy atom. The Morgan fingerprint density at radius 2 is 0.401 bits per heavy atom. The molecule has 142 heavy (non-hydrogen) atoms. The fraction of sp³-hybridized carbons (Fsp3) is 0.0145. The molecule has 4 nitrogen and oxygen atoms in total. The number of aromatic hydroxyl groups is 2. The largest absolute Gasteiger partial charge is 0.507 e. The first-order valence-corrected chi connectivity index (χ1v) is 48.7. The topological polar surface area (TPSA) is 46.9 Å². The molecule has 23 aromatic carbocycles. The van der Waals surface area contributed by atoms with E-state index in [1.54, 1.807) is 12.1 Å². The Morgan fingerprint density at radius 1 is 0.141 bits per heavy atom. The Bertz CT molecular complexity index is 8480. The zero-order valence-corrected chi connectivity index (χ0v) is 78.1. The molecule has 0 aliphatic heterocycles. The molecule has 0 spiro atoms. The number of fused-ring (bicyclic) bond motifs is 7. The summed E-state index contributed by atoms with van der Waals surface area (Å²) in [5, 5.41) is 24.3. The van der Waals surface area contributed by atoms with Gasteiger partial charge in [-0.15, -0.1) is 0 Å². The SMILES string of the molecule is Oc1ccccc1-c1cccc(-c2ccccc2N(c2ccc(-c3ccc(-c4ccc5ccccc5c4)cc3)cc2)c2ccc(-c3cccc4c3-c3ccccc3C4(c3ccccc3)c3ccccc3)cc2)c1.Oc1ccccc1-c1cccc(-c2ccccc2N(c2ccc(-c3ccc(-c4ccccc4)cc3)cc2)c2cccc(-c3cccc4c3-c3ccccc3C4(c3ccccc3)c3ccccc3)c2)c1. The highest BCUT2D eigenvalue weighted by Gasteiger charge is 2.49. The predicted octanol–water partition coefficient (Wildman–Crippen LogP) is 36.3. The van der Waals surface area contributed by atoms with Gasteiger partial charge < -0.3 is 20.0 Å². The molecule has 0 saturated heterocycles. The molecule has 23 aromatic rings. The highest BCUT2D eigenvalue weighted by atomic mass is 16.3. The molecule has 0 saturated carbocycles. The summed E-state index contributed by atoms with van der Waals surface area (Å²) >= 11 is 0. The lowest BCUT2D eigenvalue weighted by Crippen LogP contribution is -2.28. The number of rotatable bonds is 20. The summed E-state index contributed by atoms with van der Waals surface area (Å²) in [4.78, 5) is 4.77. The number of phenolic OH excluding ortho intramolecular Hbond substituents is 2. The normalized spacial score (nSPS) is 12.3. The van der Waals surface area contributed by atoms with Crippen LogP contribution in [0.25, 0.3) is 144 Å². The highest BCUT2D eigenvalue weighted by Crippen LogP contribution is 2.61. The maximum atomic E-state index is 10.9. The first-order chi connectivity index (χ1) is 70.3. The van der Waals surface area contributed by atoms with Crippen LogP contribution in [0.15, 0.2) is 570 Å². The van der Waals surface area contributed by atoms with Gasteiger partial charge in [0.25, 0.3) is 0 Å². The van der Waals surface area contributed by atoms with Crippen LogP contribution in [0.3, 0.4) is 0 Å². The monoisotopic (exact) mass is 1810 g/mol. The van der Waals surface area contributed by atoms with Crippen molar-refractivity contribution >= 4 is 44.9 Å². The summed E-state index contributed by atoms with van der Waals surface area (Å²) in [5.41, 5.74) is 42.3. The van der Waals surface area contributed by atoms with Crippen LogP contribution in [0, 0.1) is 0 Å². The second kappa shape index (κ2) is 37.5. The number of hydrogen-bond donors (Lipinski definition) is 2. The van der Waals surface area contributed by atoms with Gasteiger partial charge in [0.2, 0.25) is 0 Å². The lowest BCUT2D eigenvalue weighted by atomic mass is 9.67. The van der Waals surface area contributed by atoms with Gasteiger partial charge in [0.15, 0.2) is 0 Å². The summed E-state index contributed by atoms with van der Waals surface area (Å²) < 4.78 is 0. The minimum atomic E-state index is -0.498. The number of phenols is 2. The van der Waals surface area contributed by atoms with E-state index >= 15 is 0 Å². The lowest BCUT2D eigenvalue weighted by molar-refractivity contribution is 0.477. The Hall–Kier alpha value is -18.5. The van der Waals surface area contributed by atoms with Crippen molar-refractivity contribution in [1.29, 1.82) is 0 Å². The van der Waals surface area contributed by atoms with Crippen LogP contribution < -0.4 is 9.80 Å². The third-order valence-electron chi connectivity index (χ3n) is 28.8. The maximum Gasteiger partial charge on any atom is 0.123 e. The molecular weight excluding hydrogens is 1720 g/mol. The molecule has 2 N–H and O–H groups in total. The number of benzene rings is 23. The van der Waals surface area contributed by atoms with Crippen LogP contribution >= 0.6 is 0 Å². The number of hydrogen-bond acceptors (Lipinski definition) is 4. The van der Waals surface area contributed by atoms with Crippen molar-refractivity contribution in [3.05, 3.63) is 615 Å². The minimum absolute atomic E-state index is 0.260. The zero-order chi connectivity index (χ0) is 94.9. The Balaban J connectivity index is 0.000000154. The van der Waals surface area contributed by atoms with Gasteiger partial charge in [-0.3, -0.25) is 0 Å². The van der Waals surface area contributed by atoms with Gasteiger partial charge in [-0.25, -0.2) is 0 Å². The first-order valence-electron chi connectivity index (χ1n) is 48.7. The third-order valence-corrected chi connectivity index (χ3v) is 28.8. The zero-order valence-electron chi connectivity index (χ0n) is 78.1. The number of anilines is 6. The van der Waals surface area contributed by atoms with Crippen molar-refractivity contribution in [2.45, 2.75) is 10.8 Å². The molecule has 0 atom stereocenters. The van der Waals surface area contributed by atoms with Crippen LogP contribution in [-0.4, -0.2) is 10.2 Å². The molecule has 2 aliphatic rings. The van der Waals surface area contributed by atoms with Crippen molar-refractivity contribution in [3.8, 4) is 145 Å². The minimum Gasteiger partial charge on any atom is -0.507 e. The van der Waals surface area contributed by atoms with Crippen molar-refractivity contribution in [2.24, 2.45) is 0 Å². The van der Waals surface area contributed by atoms with E-state index in [9.17, 15) is 10.2 Å². The molecule has 4 heteroatoms. The van der Waals surface area contributed by atoms with Gasteiger partial charge in [0.05, 0.1) is 22.2 Å². The van der Waals surface area contributed by atoms with E-state index in [4.69, 9.17) is 0 Å². The molecule has 0 radical (unpaired) electrons. The van der Waals surface area contributed by atoms with Crippen LogP contribution in [0.4, 0.5) is 34.1 Å². The summed E-state index contributed by atoms with van der Waals surface area (Å²) in [6.07, 6.45) is 0. The fourth-order valence-electron chi connectivity index (χ4n) is 22.2. The number of para-hydroxylation sites is 4. The van der Waals surface area contributed by atoms with Gasteiger partial charge in [0, 0.05) is 45.0 Å². The maximum absolute atomic E-state index is 10.9. The smallest absolute Gasteiger partial charge is 0.123 e. The van der Waals surface area contributed by atoms with Crippen molar-refractivity contribution in [1.82, 2.24) is 0 Å². The molecular formula is C138H96N2O2. The van der Waals surface area contributed by atoms with E-state index in [0.29, 0.717) is 0 Å². The van der Waals surface area contributed by atoms with Crippen molar-refractivity contribution in [3.63, 3.8) is 0 Å². The Kier molecular flexibility index (Phi) is 22.8. The van der Waals surface area contributed by atoms with E-state index in [1.165, 1.54) is 111 Å². The van der Waals surface area contributed by atoms with Crippen LogP contribution in [0.1, 0.15) is 44.5 Å². The van der Waals surface area contributed by atoms with Gasteiger partial charge in [-0.1, -0.05) is 479 Å². The molecule has 0 bridgehead atoms. The molecule has 0 unspecified atom stereocenters. The standard InChI is InChI=1S/C71H49NO.C67H47NO/c73-69-32-14-11-26-63(69)57-20-15-19-56(48-57)62-25-10-13-31-68(62)72(60-43-39-51(40-44-60)50-33-35-52(36-34-50)55-38-37-49-17-7-8-18-54(49)47-55)61-45-41-53(42-46-61)64-28-16-30-67-70(64)65-27-9-12-29-66(65)71(67,58-21-3-1-4-22-58)59-23-5-2-6-24-59;69-65-36-15-12-30-59(65)52-22-16-21-51(45-52)58-29-11-14-35-64(58)68(56-43-41-50(42-44-56)49-39-37-48(38-40-49)47-19-4-1-5-20-47)57-28-17-23-53(46-57)60-32-18-34-63-66(60)61-31-10-13-33-62(61)67(63,54-24-6-2-7-25-54)55-26-8-3-9-27-55/h1-48,73H;1-46,69H. The summed E-state index contributed by atoms with van der Waals surface area (Å²) in [7, 11) is 0. The molecule has 2 aliphatic carbocycles. The van der Waals surface area contributed by atoms with Gasteiger partial charge >= 0.3 is 0 Å². The Labute approximate surface area is 829 Å². The summed E-state index contributed by atoms with van der Waals surface area (Å²) in [5.74, 6) is 0.521. The molecule has 0 heterocycles. The second-order valence-electron chi connectivity index (χ2n) is 36.7. The van der Waals surface area contributed by atoms with Crippen molar-refractivity contribution < 1.29 is 10.2 Å². The number of nitrogens with zero attached hydrogens (tertiary/aromatic N) is 2. The van der Waals surface area contributed by atoms with Gasteiger partial charge in [-0.05, 0) is 258 Å². The average Bonchev–Trinajstić information content (AvgIpc) is 1.53. The van der Waals surface area contributed by atoms with E-state index in [1.807, 2.05) is 36.4 Å². The molecule has 25 rings (SSSR count). The summed E-state index contributed by atoms with van der Waals surface area (Å²) in [6.45, 7) is 0. The van der Waals surface area contributed by atoms with Gasteiger partial charge in [-0.2, -0.15) is 0 Å². The lowest BCUT2D eigenvalue weighted by Gasteiger charge is -2.34. The molecule has 0 amide bonds.